The van der Waals surface area contributed by atoms with Crippen LogP contribution in [0.15, 0.2) is 6.07 Å². The van der Waals surface area contributed by atoms with E-state index in [1.165, 1.54) is 0 Å². The van der Waals surface area contributed by atoms with Gasteiger partial charge in [-0.05, 0) is 26.0 Å². The van der Waals surface area contributed by atoms with Crippen molar-refractivity contribution >= 4 is 29.0 Å². The van der Waals surface area contributed by atoms with Gasteiger partial charge in [-0.2, -0.15) is 4.98 Å². The zero-order valence-electron chi connectivity index (χ0n) is 10.1. The van der Waals surface area contributed by atoms with Crippen molar-refractivity contribution in [3.05, 3.63) is 16.1 Å². The Morgan fingerprint density at radius 2 is 2.06 bits per heavy atom. The van der Waals surface area contributed by atoms with E-state index in [2.05, 4.69) is 22.4 Å². The number of piperidine rings is 1. The van der Waals surface area contributed by atoms with Gasteiger partial charge in [0.1, 0.15) is 11.1 Å². The third kappa shape index (κ3) is 3.17. The molecule has 0 saturated carbocycles. The Hall–Kier alpha value is -0.750. The number of hydrazine groups is 1. The number of likely N-dealkylation sites (tertiary alicyclic amines) is 1. The van der Waals surface area contributed by atoms with Crippen molar-refractivity contribution in [1.29, 1.82) is 0 Å². The smallest absolute Gasteiger partial charge is 0.234 e. The second-order valence-electron chi connectivity index (χ2n) is 4.37. The van der Waals surface area contributed by atoms with Gasteiger partial charge in [0, 0.05) is 13.1 Å². The maximum atomic E-state index is 6.06. The summed E-state index contributed by atoms with van der Waals surface area (Å²) in [5.74, 6) is 6.06. The SMILES string of the molecule is CN1CCC(Oc2nc(NN)c(Cl)cc2Cl)CC1. The van der Waals surface area contributed by atoms with Crippen LogP contribution in [0.2, 0.25) is 10.0 Å². The molecule has 0 unspecified atom stereocenters. The molecule has 7 heteroatoms. The van der Waals surface area contributed by atoms with Gasteiger partial charge in [0.25, 0.3) is 0 Å². The molecule has 2 rings (SSSR count). The largest absolute Gasteiger partial charge is 0.473 e. The Bertz CT molecular complexity index is 422. The van der Waals surface area contributed by atoms with Crippen molar-refractivity contribution in [3.8, 4) is 5.88 Å². The zero-order chi connectivity index (χ0) is 13.1. The van der Waals surface area contributed by atoms with Crippen molar-refractivity contribution in [2.75, 3.05) is 25.6 Å². The number of anilines is 1. The fourth-order valence-corrected chi connectivity index (χ4v) is 2.35. The predicted molar refractivity (Wildman–Crippen MR) is 73.2 cm³/mol. The molecule has 1 aromatic rings. The van der Waals surface area contributed by atoms with Gasteiger partial charge < -0.3 is 15.1 Å². The Labute approximate surface area is 116 Å². The molecule has 0 spiro atoms. The minimum atomic E-state index is 0.137. The molecule has 3 N–H and O–H groups in total. The minimum Gasteiger partial charge on any atom is -0.473 e. The summed E-state index contributed by atoms with van der Waals surface area (Å²) in [4.78, 5) is 6.44. The van der Waals surface area contributed by atoms with E-state index < -0.39 is 0 Å². The lowest BCUT2D eigenvalue weighted by molar-refractivity contribution is 0.110. The van der Waals surface area contributed by atoms with Crippen LogP contribution in [-0.4, -0.2) is 36.1 Å². The van der Waals surface area contributed by atoms with Crippen molar-refractivity contribution in [2.24, 2.45) is 5.84 Å². The van der Waals surface area contributed by atoms with Crippen LogP contribution in [0.25, 0.3) is 0 Å². The molecule has 0 amide bonds. The molecule has 100 valence electrons. The first-order chi connectivity index (χ1) is 8.60. The molecule has 18 heavy (non-hydrogen) atoms. The van der Waals surface area contributed by atoms with Crippen molar-refractivity contribution < 1.29 is 4.74 Å². The fraction of sp³-hybridized carbons (Fsp3) is 0.545. The highest BCUT2D eigenvalue weighted by atomic mass is 35.5. The molecular formula is C11H16Cl2N4O. The molecule has 1 aliphatic rings. The monoisotopic (exact) mass is 290 g/mol. The summed E-state index contributed by atoms with van der Waals surface area (Å²) < 4.78 is 5.81. The van der Waals surface area contributed by atoms with Crippen LogP contribution in [0.4, 0.5) is 5.82 Å². The van der Waals surface area contributed by atoms with Gasteiger partial charge in [-0.15, -0.1) is 0 Å². The summed E-state index contributed by atoms with van der Waals surface area (Å²) in [5, 5.41) is 0.774. The number of hydrogen-bond acceptors (Lipinski definition) is 5. The molecule has 1 fully saturated rings. The summed E-state index contributed by atoms with van der Waals surface area (Å²) in [6, 6.07) is 1.58. The van der Waals surface area contributed by atoms with Crippen LogP contribution in [0.3, 0.4) is 0 Å². The van der Waals surface area contributed by atoms with Crippen LogP contribution >= 0.6 is 23.2 Å². The number of nitrogen functional groups attached to an aromatic ring is 1. The quantitative estimate of drug-likeness (QED) is 0.660. The van der Waals surface area contributed by atoms with E-state index >= 15 is 0 Å². The average molecular weight is 291 g/mol. The minimum absolute atomic E-state index is 0.137. The molecule has 0 atom stereocenters. The van der Waals surface area contributed by atoms with Gasteiger partial charge in [-0.1, -0.05) is 23.2 Å². The topological polar surface area (TPSA) is 63.4 Å². The van der Waals surface area contributed by atoms with E-state index in [1.807, 2.05) is 0 Å². The fourth-order valence-electron chi connectivity index (χ4n) is 1.89. The molecule has 0 bridgehead atoms. The molecule has 1 aliphatic heterocycles. The lowest BCUT2D eigenvalue weighted by Crippen LogP contribution is -2.35. The van der Waals surface area contributed by atoms with E-state index in [0.717, 1.165) is 25.9 Å². The predicted octanol–water partition coefficient (Wildman–Crippen LogP) is 2.15. The Morgan fingerprint density at radius 3 is 2.67 bits per heavy atom. The highest BCUT2D eigenvalue weighted by Crippen LogP contribution is 2.31. The number of halogens is 2. The number of nitrogens with one attached hydrogen (secondary N) is 1. The third-order valence-corrected chi connectivity index (χ3v) is 3.54. The summed E-state index contributed by atoms with van der Waals surface area (Å²) in [6.07, 6.45) is 2.06. The van der Waals surface area contributed by atoms with Crippen LogP contribution in [0.1, 0.15) is 12.8 Å². The molecule has 1 aromatic heterocycles. The van der Waals surface area contributed by atoms with E-state index in [1.54, 1.807) is 6.07 Å². The number of nitrogens with zero attached hydrogens (tertiary/aromatic N) is 2. The number of aromatic nitrogens is 1. The Kier molecular flexibility index (Phi) is 4.50. The normalized spacial score (nSPS) is 17.8. The van der Waals surface area contributed by atoms with E-state index in [9.17, 15) is 0 Å². The summed E-state index contributed by atoms with van der Waals surface area (Å²) in [5.41, 5.74) is 2.42. The molecule has 0 aliphatic carbocycles. The average Bonchev–Trinajstić information content (AvgIpc) is 2.35. The van der Waals surface area contributed by atoms with Crippen molar-refractivity contribution in [3.63, 3.8) is 0 Å². The Balaban J connectivity index is 2.09. The van der Waals surface area contributed by atoms with E-state index in [-0.39, 0.29) is 6.10 Å². The van der Waals surface area contributed by atoms with E-state index in [0.29, 0.717) is 21.7 Å². The highest BCUT2D eigenvalue weighted by molar-refractivity contribution is 6.36. The van der Waals surface area contributed by atoms with Crippen LogP contribution in [0, 0.1) is 0 Å². The maximum absolute atomic E-state index is 6.06. The van der Waals surface area contributed by atoms with Gasteiger partial charge in [0.15, 0.2) is 5.82 Å². The van der Waals surface area contributed by atoms with Gasteiger partial charge in [-0.3, -0.25) is 0 Å². The number of nitrogens with two attached hydrogens (primary N) is 1. The molecule has 5 nitrogen and oxygen atoms in total. The van der Waals surface area contributed by atoms with Gasteiger partial charge in [0.2, 0.25) is 5.88 Å². The maximum Gasteiger partial charge on any atom is 0.234 e. The van der Waals surface area contributed by atoms with Gasteiger partial charge >= 0.3 is 0 Å². The molecule has 0 aromatic carbocycles. The summed E-state index contributed by atoms with van der Waals surface area (Å²) in [7, 11) is 2.10. The van der Waals surface area contributed by atoms with Crippen molar-refractivity contribution in [1.82, 2.24) is 9.88 Å². The summed E-state index contributed by atoms with van der Waals surface area (Å²) >= 11 is 12.0. The van der Waals surface area contributed by atoms with Crippen LogP contribution in [0.5, 0.6) is 5.88 Å². The second kappa shape index (κ2) is 5.93. The van der Waals surface area contributed by atoms with Gasteiger partial charge in [0.05, 0.1) is 5.02 Å². The Morgan fingerprint density at radius 1 is 1.39 bits per heavy atom. The lowest BCUT2D eigenvalue weighted by Gasteiger charge is -2.29. The first kappa shape index (κ1) is 13.7. The zero-order valence-corrected chi connectivity index (χ0v) is 11.6. The molecular weight excluding hydrogens is 275 g/mol. The highest BCUT2D eigenvalue weighted by Gasteiger charge is 2.20. The number of rotatable bonds is 3. The van der Waals surface area contributed by atoms with Crippen molar-refractivity contribution in [2.45, 2.75) is 18.9 Å². The molecule has 1 saturated heterocycles. The first-order valence-corrected chi connectivity index (χ1v) is 6.53. The number of ether oxygens (including phenoxy) is 1. The van der Waals surface area contributed by atoms with E-state index in [4.69, 9.17) is 33.8 Å². The van der Waals surface area contributed by atoms with Crippen LogP contribution in [-0.2, 0) is 0 Å². The lowest BCUT2D eigenvalue weighted by atomic mass is 10.1. The standard InChI is InChI=1S/C11H16Cl2N4O/c1-17-4-2-7(3-5-17)18-11-9(13)6-8(12)10(15-11)16-14/h6-7H,2-5,14H2,1H3,(H,15,16). The first-order valence-electron chi connectivity index (χ1n) is 5.78. The second-order valence-corrected chi connectivity index (χ2v) is 5.18. The third-order valence-electron chi connectivity index (χ3n) is 2.98. The molecule has 2 heterocycles. The number of hydrogen-bond donors (Lipinski definition) is 2. The number of pyridine rings is 1. The summed E-state index contributed by atoms with van der Waals surface area (Å²) in [6.45, 7) is 2.02. The van der Waals surface area contributed by atoms with Crippen LogP contribution < -0.4 is 16.0 Å². The van der Waals surface area contributed by atoms with Gasteiger partial charge in [-0.25, -0.2) is 5.84 Å². The molecule has 0 radical (unpaired) electrons.